The van der Waals surface area contributed by atoms with Crippen molar-refractivity contribution in [1.82, 2.24) is 0 Å². The summed E-state index contributed by atoms with van der Waals surface area (Å²) in [5.41, 5.74) is 0.730. The molecular weight excluding hydrogens is 236 g/mol. The maximum Gasteiger partial charge on any atom is 0.177 e. The largest absolute Gasteiger partial charge is 0.293 e. The van der Waals surface area contributed by atoms with Crippen LogP contribution in [-0.4, -0.2) is 23.2 Å². The molecule has 0 N–H and O–H groups in total. The van der Waals surface area contributed by atoms with Gasteiger partial charge in [-0.05, 0) is 12.1 Å². The van der Waals surface area contributed by atoms with Crippen LogP contribution < -0.4 is 0 Å². The molecule has 4 heteroatoms. The molecule has 0 amide bonds. The topological polar surface area (TPSA) is 17.1 Å². The van der Waals surface area contributed by atoms with Gasteiger partial charge in [0.2, 0.25) is 0 Å². The van der Waals surface area contributed by atoms with Crippen LogP contribution in [0.1, 0.15) is 10.4 Å². The van der Waals surface area contributed by atoms with Crippen molar-refractivity contribution in [3.8, 4) is 0 Å². The van der Waals surface area contributed by atoms with Crippen molar-refractivity contribution in [2.24, 2.45) is 0 Å². The minimum Gasteiger partial charge on any atom is -0.293 e. The van der Waals surface area contributed by atoms with Crippen LogP contribution in [0.3, 0.4) is 0 Å². The fourth-order valence-electron chi connectivity index (χ4n) is 1.29. The van der Waals surface area contributed by atoms with Gasteiger partial charge >= 0.3 is 0 Å². The second-order valence-corrected chi connectivity index (χ2v) is 5.46. The molecule has 0 atom stereocenters. The predicted octanol–water partition coefficient (Wildman–Crippen LogP) is 3.31. The molecule has 74 valence electrons. The predicted molar refractivity (Wildman–Crippen MR) is 62.9 cm³/mol. The number of rotatable bonds is 2. The van der Waals surface area contributed by atoms with E-state index in [1.54, 1.807) is 0 Å². The zero-order valence-corrected chi connectivity index (χ0v) is 9.85. The van der Waals surface area contributed by atoms with Gasteiger partial charge in [0.05, 0.1) is 5.88 Å². The maximum atomic E-state index is 11.4. The molecule has 0 bridgehead atoms. The van der Waals surface area contributed by atoms with Crippen LogP contribution in [0, 0.1) is 0 Å². The molecule has 0 fully saturated rings. The second kappa shape index (κ2) is 4.60. The van der Waals surface area contributed by atoms with Crippen molar-refractivity contribution in [2.45, 2.75) is 9.79 Å². The molecule has 0 saturated carbocycles. The number of hydrogen-bond donors (Lipinski definition) is 0. The first-order valence-electron chi connectivity index (χ1n) is 4.30. The molecule has 1 aliphatic heterocycles. The van der Waals surface area contributed by atoms with E-state index in [0.29, 0.717) is 0 Å². The van der Waals surface area contributed by atoms with Crippen LogP contribution in [-0.2, 0) is 0 Å². The van der Waals surface area contributed by atoms with Crippen molar-refractivity contribution in [3.05, 3.63) is 23.8 Å². The van der Waals surface area contributed by atoms with Gasteiger partial charge in [0.25, 0.3) is 0 Å². The molecule has 14 heavy (non-hydrogen) atoms. The van der Waals surface area contributed by atoms with E-state index >= 15 is 0 Å². The Balaban J connectivity index is 2.33. The van der Waals surface area contributed by atoms with E-state index < -0.39 is 0 Å². The Labute approximate surface area is 96.6 Å². The highest BCUT2D eigenvalue weighted by molar-refractivity contribution is 8.05. The lowest BCUT2D eigenvalue weighted by Crippen LogP contribution is -2.02. The van der Waals surface area contributed by atoms with Gasteiger partial charge in [0.15, 0.2) is 5.78 Å². The maximum absolute atomic E-state index is 11.4. The average Bonchev–Trinajstić information content (AvgIpc) is 2.27. The first-order chi connectivity index (χ1) is 6.81. The molecule has 1 aliphatic rings. The summed E-state index contributed by atoms with van der Waals surface area (Å²) >= 11 is 9.17. The third kappa shape index (κ3) is 2.10. The van der Waals surface area contributed by atoms with Gasteiger partial charge in [0, 0.05) is 26.9 Å². The van der Waals surface area contributed by atoms with E-state index in [0.717, 1.165) is 17.1 Å². The number of alkyl halides is 1. The number of thioether (sulfide) groups is 2. The van der Waals surface area contributed by atoms with Gasteiger partial charge in [0.1, 0.15) is 0 Å². The van der Waals surface area contributed by atoms with E-state index in [1.807, 2.05) is 41.7 Å². The summed E-state index contributed by atoms with van der Waals surface area (Å²) in [6.07, 6.45) is 0. The minimum atomic E-state index is 0.00522. The number of carbonyl (C=O) groups is 1. The normalized spacial score (nSPS) is 14.9. The highest BCUT2D eigenvalue weighted by atomic mass is 35.5. The van der Waals surface area contributed by atoms with Crippen LogP contribution in [0.4, 0.5) is 0 Å². The van der Waals surface area contributed by atoms with Gasteiger partial charge < -0.3 is 0 Å². The monoisotopic (exact) mass is 244 g/mol. The molecule has 1 aromatic carbocycles. The number of benzene rings is 1. The summed E-state index contributed by atoms with van der Waals surface area (Å²) in [6, 6.07) is 5.84. The van der Waals surface area contributed by atoms with Crippen molar-refractivity contribution < 1.29 is 4.79 Å². The second-order valence-electron chi connectivity index (χ2n) is 2.92. The first-order valence-corrected chi connectivity index (χ1v) is 6.80. The summed E-state index contributed by atoms with van der Waals surface area (Å²) in [6.45, 7) is 0. The molecular formula is C10H9ClOS2. The lowest BCUT2D eigenvalue weighted by atomic mass is 10.1. The SMILES string of the molecule is O=C(CCl)c1ccc2c(c1)SCCS2. The Morgan fingerprint density at radius 3 is 2.71 bits per heavy atom. The molecule has 1 nitrogen and oxygen atoms in total. The van der Waals surface area contributed by atoms with Crippen molar-refractivity contribution in [2.75, 3.05) is 17.4 Å². The molecule has 0 unspecified atom stereocenters. The third-order valence-electron chi connectivity index (χ3n) is 1.99. The number of carbonyl (C=O) groups excluding carboxylic acids is 1. The van der Waals surface area contributed by atoms with E-state index in [9.17, 15) is 4.79 Å². The highest BCUT2D eigenvalue weighted by Crippen LogP contribution is 2.36. The van der Waals surface area contributed by atoms with Crippen molar-refractivity contribution in [1.29, 1.82) is 0 Å². The van der Waals surface area contributed by atoms with Crippen molar-refractivity contribution >= 4 is 40.9 Å². The van der Waals surface area contributed by atoms with Gasteiger partial charge in [-0.15, -0.1) is 35.1 Å². The molecule has 1 aromatic rings. The van der Waals surface area contributed by atoms with Crippen LogP contribution in [0.25, 0.3) is 0 Å². The van der Waals surface area contributed by atoms with Crippen LogP contribution in [0.2, 0.25) is 0 Å². The number of halogens is 1. The first kappa shape index (κ1) is 10.4. The van der Waals surface area contributed by atoms with Gasteiger partial charge in [-0.25, -0.2) is 0 Å². The fourth-order valence-corrected chi connectivity index (χ4v) is 3.69. The summed E-state index contributed by atoms with van der Waals surface area (Å²) in [4.78, 5) is 13.9. The zero-order chi connectivity index (χ0) is 9.97. The quantitative estimate of drug-likeness (QED) is 0.587. The fraction of sp³-hybridized carbons (Fsp3) is 0.300. The lowest BCUT2D eigenvalue weighted by Gasteiger charge is -2.14. The summed E-state index contributed by atoms with van der Waals surface area (Å²) in [5, 5.41) is 0. The molecule has 1 heterocycles. The lowest BCUT2D eigenvalue weighted by molar-refractivity contribution is 0.102. The molecule has 0 aromatic heterocycles. The Kier molecular flexibility index (Phi) is 3.42. The molecule has 0 aliphatic carbocycles. The summed E-state index contributed by atoms with van der Waals surface area (Å²) in [7, 11) is 0. The highest BCUT2D eigenvalue weighted by Gasteiger charge is 2.12. The van der Waals surface area contributed by atoms with Gasteiger partial charge in [-0.2, -0.15) is 0 Å². The minimum absolute atomic E-state index is 0.00522. The smallest absolute Gasteiger partial charge is 0.177 e. The Bertz CT molecular complexity index is 365. The molecule has 2 rings (SSSR count). The zero-order valence-electron chi connectivity index (χ0n) is 7.46. The number of ketones is 1. The van der Waals surface area contributed by atoms with Crippen LogP contribution in [0.5, 0.6) is 0 Å². The molecule has 0 spiro atoms. The van der Waals surface area contributed by atoms with E-state index in [1.165, 1.54) is 9.79 Å². The van der Waals surface area contributed by atoms with E-state index in [-0.39, 0.29) is 11.7 Å². The Morgan fingerprint density at radius 2 is 2.00 bits per heavy atom. The third-order valence-corrected chi connectivity index (χ3v) is 4.75. The number of hydrogen-bond acceptors (Lipinski definition) is 3. The number of Topliss-reactive ketones (excluding diaryl/α,β-unsaturated/α-hetero) is 1. The van der Waals surface area contributed by atoms with Gasteiger partial charge in [-0.3, -0.25) is 4.79 Å². The summed E-state index contributed by atoms with van der Waals surface area (Å²) in [5.74, 6) is 2.35. The molecule has 0 radical (unpaired) electrons. The Hall–Kier alpha value is -0.120. The van der Waals surface area contributed by atoms with E-state index in [2.05, 4.69) is 0 Å². The standard InChI is InChI=1S/C10H9ClOS2/c11-6-8(12)7-1-2-9-10(5-7)14-4-3-13-9/h1-2,5H,3-4,6H2. The summed E-state index contributed by atoms with van der Waals surface area (Å²) < 4.78 is 0. The number of fused-ring (bicyclic) bond motifs is 1. The van der Waals surface area contributed by atoms with E-state index in [4.69, 9.17) is 11.6 Å². The average molecular weight is 245 g/mol. The Morgan fingerprint density at radius 1 is 1.29 bits per heavy atom. The molecule has 0 saturated heterocycles. The van der Waals surface area contributed by atoms with Gasteiger partial charge in [-0.1, -0.05) is 6.07 Å². The van der Waals surface area contributed by atoms with Crippen molar-refractivity contribution in [3.63, 3.8) is 0 Å². The van der Waals surface area contributed by atoms with Crippen LogP contribution >= 0.6 is 35.1 Å². The van der Waals surface area contributed by atoms with Crippen LogP contribution in [0.15, 0.2) is 28.0 Å².